The van der Waals surface area contributed by atoms with E-state index >= 15 is 0 Å². The number of ether oxygens (including phenoxy) is 2. The van der Waals surface area contributed by atoms with Crippen molar-refractivity contribution < 1.29 is 19.1 Å². The van der Waals surface area contributed by atoms with Gasteiger partial charge in [-0.15, -0.1) is 0 Å². The van der Waals surface area contributed by atoms with Gasteiger partial charge in [0.15, 0.2) is 5.17 Å². The highest BCUT2D eigenvalue weighted by atomic mass is 32.2. The Balaban J connectivity index is 1.61. The number of methoxy groups -OCH3 is 1. The molecule has 1 amide bonds. The quantitative estimate of drug-likeness (QED) is 0.409. The van der Waals surface area contributed by atoms with Crippen molar-refractivity contribution in [2.24, 2.45) is 4.99 Å². The number of hydrogen-bond donors (Lipinski definition) is 1. The molecule has 2 aliphatic heterocycles. The number of esters is 1. The second-order valence-electron chi connectivity index (χ2n) is 8.53. The first-order chi connectivity index (χ1) is 16.9. The molecule has 1 atom stereocenters. The summed E-state index contributed by atoms with van der Waals surface area (Å²) in [5.74, 6) is -0.572. The zero-order valence-corrected chi connectivity index (χ0v) is 21.1. The van der Waals surface area contributed by atoms with Crippen LogP contribution >= 0.6 is 11.8 Å². The number of carbonyl (C=O) groups is 2. The Morgan fingerprint density at radius 1 is 1.06 bits per heavy atom. The number of thioether (sulfide) groups is 1. The second kappa shape index (κ2) is 10.9. The highest BCUT2D eigenvalue weighted by molar-refractivity contribution is 8.16. The van der Waals surface area contributed by atoms with Crippen LogP contribution in [0.5, 0.6) is 0 Å². The molecule has 1 N–H and O–H groups in total. The molecule has 0 spiro atoms. The number of aryl methyl sites for hydroxylation is 2. The summed E-state index contributed by atoms with van der Waals surface area (Å²) in [5.41, 5.74) is 5.70. The van der Waals surface area contributed by atoms with E-state index in [1.165, 1.54) is 11.8 Å². The van der Waals surface area contributed by atoms with Crippen LogP contribution in [0.1, 0.15) is 36.1 Å². The average Bonchev–Trinajstić information content (AvgIpc) is 3.19. The number of hydrogen-bond acceptors (Lipinski definition) is 7. The topological polar surface area (TPSA) is 80.2 Å². The molecule has 0 aromatic heterocycles. The van der Waals surface area contributed by atoms with Crippen LogP contribution in [-0.4, -0.2) is 42.3 Å². The number of anilines is 1. The Labute approximate surface area is 209 Å². The Bertz CT molecular complexity index is 1200. The van der Waals surface area contributed by atoms with Crippen LogP contribution in [0.3, 0.4) is 0 Å². The molecule has 0 unspecified atom stereocenters. The van der Waals surface area contributed by atoms with Gasteiger partial charge in [-0.05, 0) is 55.0 Å². The van der Waals surface area contributed by atoms with E-state index in [9.17, 15) is 9.59 Å². The summed E-state index contributed by atoms with van der Waals surface area (Å²) in [4.78, 5) is 32.8. The highest BCUT2D eigenvalue weighted by Crippen LogP contribution is 2.44. The van der Waals surface area contributed by atoms with Crippen LogP contribution in [-0.2, 0) is 19.1 Å². The summed E-state index contributed by atoms with van der Waals surface area (Å²) in [7, 11) is 1.56. The summed E-state index contributed by atoms with van der Waals surface area (Å²) in [5, 5.41) is 5.67. The zero-order valence-electron chi connectivity index (χ0n) is 20.3. The average molecular weight is 492 g/mol. The first-order valence-electron chi connectivity index (χ1n) is 11.4. The van der Waals surface area contributed by atoms with E-state index in [1.54, 1.807) is 7.11 Å². The van der Waals surface area contributed by atoms with Crippen molar-refractivity contribution in [3.05, 3.63) is 87.6 Å². The molecule has 2 aromatic carbocycles. The summed E-state index contributed by atoms with van der Waals surface area (Å²) >= 11 is 1.45. The van der Waals surface area contributed by atoms with Gasteiger partial charge < -0.3 is 19.7 Å². The molecule has 2 aromatic rings. The fraction of sp³-hybridized carbons (Fsp3) is 0.296. The molecule has 2 aliphatic rings. The van der Waals surface area contributed by atoms with Crippen LogP contribution in [0.25, 0.3) is 0 Å². The smallest absolute Gasteiger partial charge is 0.338 e. The molecule has 0 bridgehead atoms. The fourth-order valence-electron chi connectivity index (χ4n) is 4.29. The number of amidine groups is 1. The Kier molecular flexibility index (Phi) is 7.73. The van der Waals surface area contributed by atoms with Gasteiger partial charge in [0, 0.05) is 18.5 Å². The van der Waals surface area contributed by atoms with E-state index in [1.807, 2.05) is 73.5 Å². The fourth-order valence-corrected chi connectivity index (χ4v) is 5.26. The van der Waals surface area contributed by atoms with E-state index in [-0.39, 0.29) is 18.9 Å². The molecule has 0 saturated heterocycles. The van der Waals surface area contributed by atoms with Crippen molar-refractivity contribution in [3.63, 3.8) is 0 Å². The Morgan fingerprint density at radius 3 is 2.46 bits per heavy atom. The first kappa shape index (κ1) is 24.8. The van der Waals surface area contributed by atoms with Crippen LogP contribution in [0, 0.1) is 13.8 Å². The first-order valence-corrected chi connectivity index (χ1v) is 12.3. The molecular formula is C27H29N3O4S. The predicted molar refractivity (Wildman–Crippen MR) is 139 cm³/mol. The number of rotatable bonds is 8. The lowest BCUT2D eigenvalue weighted by atomic mass is 9.94. The minimum Gasteiger partial charge on any atom is -0.460 e. The molecule has 182 valence electrons. The molecule has 0 fully saturated rings. The van der Waals surface area contributed by atoms with Gasteiger partial charge in [0.2, 0.25) is 5.91 Å². The van der Waals surface area contributed by atoms with E-state index < -0.39 is 12.0 Å². The summed E-state index contributed by atoms with van der Waals surface area (Å²) in [6.45, 7) is 6.29. The second-order valence-corrected chi connectivity index (χ2v) is 9.37. The van der Waals surface area contributed by atoms with Gasteiger partial charge in [-0.1, -0.05) is 48.2 Å². The van der Waals surface area contributed by atoms with Gasteiger partial charge in [0.05, 0.1) is 30.3 Å². The number of nitrogens with zero attached hydrogens (tertiary/aromatic N) is 2. The molecule has 0 radical (unpaired) electrons. The summed E-state index contributed by atoms with van der Waals surface area (Å²) in [6.07, 6.45) is 0.146. The Hall–Kier alpha value is -3.36. The lowest BCUT2D eigenvalue weighted by Crippen LogP contribution is -2.37. The third kappa shape index (κ3) is 5.66. The maximum atomic E-state index is 13.2. The number of carbonyl (C=O) groups excluding carboxylic acids is 2. The minimum absolute atomic E-state index is 0.134. The molecule has 7 nitrogen and oxygen atoms in total. The van der Waals surface area contributed by atoms with E-state index in [0.29, 0.717) is 17.9 Å². The third-order valence-corrected chi connectivity index (χ3v) is 6.59. The number of fused-ring (bicyclic) bond motifs is 1. The van der Waals surface area contributed by atoms with Gasteiger partial charge in [0.25, 0.3) is 0 Å². The number of amides is 1. The van der Waals surface area contributed by atoms with Gasteiger partial charge in [0.1, 0.15) is 6.61 Å². The van der Waals surface area contributed by atoms with Crippen LogP contribution < -0.4 is 5.32 Å². The monoisotopic (exact) mass is 491 g/mol. The minimum atomic E-state index is -0.450. The van der Waals surface area contributed by atoms with Crippen molar-refractivity contribution >= 4 is 34.5 Å². The number of aliphatic imine (C=N–C) groups is 1. The maximum Gasteiger partial charge on any atom is 0.338 e. The van der Waals surface area contributed by atoms with E-state index in [2.05, 4.69) is 16.4 Å². The van der Waals surface area contributed by atoms with Gasteiger partial charge in [-0.2, -0.15) is 0 Å². The molecule has 8 heteroatoms. The highest BCUT2D eigenvalue weighted by Gasteiger charge is 2.41. The van der Waals surface area contributed by atoms with Crippen molar-refractivity contribution in [2.75, 3.05) is 25.6 Å². The van der Waals surface area contributed by atoms with E-state index in [4.69, 9.17) is 9.47 Å². The van der Waals surface area contributed by atoms with Crippen LogP contribution in [0.15, 0.2) is 75.9 Å². The maximum absolute atomic E-state index is 13.2. The van der Waals surface area contributed by atoms with Gasteiger partial charge in [-0.3, -0.25) is 4.79 Å². The number of benzene rings is 2. The predicted octanol–water partition coefficient (Wildman–Crippen LogP) is 5.10. The molecule has 35 heavy (non-hydrogen) atoms. The number of nitrogens with one attached hydrogen (secondary N) is 1. The zero-order chi connectivity index (χ0) is 24.9. The van der Waals surface area contributed by atoms with Crippen LogP contribution in [0.2, 0.25) is 0 Å². The lowest BCUT2D eigenvalue weighted by Gasteiger charge is -2.36. The van der Waals surface area contributed by atoms with Crippen molar-refractivity contribution in [1.82, 2.24) is 4.90 Å². The third-order valence-electron chi connectivity index (χ3n) is 5.70. The lowest BCUT2D eigenvalue weighted by molar-refractivity contribution is -0.141. The SMILES string of the molecule is COCCOC(=O)C1=C(C)N=C2SC=C(CC(=O)Nc3cc(C)cc(C)c3)N2[C@@H]1c1ccccc1. The van der Waals surface area contributed by atoms with E-state index in [0.717, 1.165) is 33.2 Å². The van der Waals surface area contributed by atoms with Crippen molar-refractivity contribution in [2.45, 2.75) is 33.2 Å². The summed E-state index contributed by atoms with van der Waals surface area (Å²) in [6, 6.07) is 15.3. The van der Waals surface area contributed by atoms with Gasteiger partial charge in [-0.25, -0.2) is 9.79 Å². The molecule has 0 aliphatic carbocycles. The molecule has 4 rings (SSSR count). The normalized spacial score (nSPS) is 17.0. The largest absolute Gasteiger partial charge is 0.460 e. The molecule has 0 saturated carbocycles. The Morgan fingerprint density at radius 2 is 1.77 bits per heavy atom. The van der Waals surface area contributed by atoms with Gasteiger partial charge >= 0.3 is 5.97 Å². The standard InChI is InChI=1S/C27H29N3O4S/c1-17-12-18(2)14-21(13-17)29-23(31)15-22-16-35-27-28-19(3)24(26(32)34-11-10-33-4)25(30(22)27)20-8-6-5-7-9-20/h5-9,12-14,16,25H,10-11,15H2,1-4H3,(H,29,31)/t25-/m1/s1. The van der Waals surface area contributed by atoms with Crippen LogP contribution in [0.4, 0.5) is 5.69 Å². The summed E-state index contributed by atoms with van der Waals surface area (Å²) < 4.78 is 10.5. The molecular weight excluding hydrogens is 462 g/mol. The number of allylic oxidation sites excluding steroid dienone is 1. The molecule has 2 heterocycles. The van der Waals surface area contributed by atoms with Crippen molar-refractivity contribution in [3.8, 4) is 0 Å². The van der Waals surface area contributed by atoms with Crippen molar-refractivity contribution in [1.29, 1.82) is 0 Å².